The molecule has 20 heavy (non-hydrogen) atoms. The number of hydrogen-bond acceptors (Lipinski definition) is 7. The van der Waals surface area contributed by atoms with Crippen LogP contribution in [-0.4, -0.2) is 62.8 Å². The SMILES string of the molecule is CNc1ncc(S(=O)(=O)N(C)C2CCS(=O)(=O)C2)cn1. The first-order valence-electron chi connectivity index (χ1n) is 5.94. The Morgan fingerprint density at radius 1 is 1.35 bits per heavy atom. The molecule has 2 rings (SSSR count). The molecular formula is C10H16N4O4S2. The number of anilines is 1. The van der Waals surface area contributed by atoms with Crippen LogP contribution in [0.4, 0.5) is 5.95 Å². The maximum atomic E-state index is 12.4. The van der Waals surface area contributed by atoms with Crippen LogP contribution in [0.5, 0.6) is 0 Å². The molecule has 1 saturated heterocycles. The zero-order chi connectivity index (χ0) is 15.0. The largest absolute Gasteiger partial charge is 0.357 e. The van der Waals surface area contributed by atoms with E-state index in [1.165, 1.54) is 19.4 Å². The van der Waals surface area contributed by atoms with Crippen molar-refractivity contribution in [2.45, 2.75) is 17.4 Å². The smallest absolute Gasteiger partial charge is 0.246 e. The van der Waals surface area contributed by atoms with Gasteiger partial charge in [-0.1, -0.05) is 0 Å². The third-order valence-corrected chi connectivity index (χ3v) is 6.86. The number of rotatable bonds is 4. The Bertz CT molecular complexity index is 684. The number of nitrogens with one attached hydrogen (secondary N) is 1. The molecular weight excluding hydrogens is 304 g/mol. The van der Waals surface area contributed by atoms with Gasteiger partial charge in [0.25, 0.3) is 0 Å². The van der Waals surface area contributed by atoms with Crippen LogP contribution in [0.2, 0.25) is 0 Å². The van der Waals surface area contributed by atoms with E-state index in [4.69, 9.17) is 0 Å². The molecule has 1 aliphatic heterocycles. The molecule has 1 aromatic heterocycles. The van der Waals surface area contributed by atoms with Crippen LogP contribution in [0.1, 0.15) is 6.42 Å². The zero-order valence-electron chi connectivity index (χ0n) is 11.1. The van der Waals surface area contributed by atoms with E-state index in [9.17, 15) is 16.8 Å². The molecule has 1 unspecified atom stereocenters. The summed E-state index contributed by atoms with van der Waals surface area (Å²) in [6.45, 7) is 0. The van der Waals surface area contributed by atoms with Crippen LogP contribution >= 0.6 is 0 Å². The quantitative estimate of drug-likeness (QED) is 0.783. The first kappa shape index (κ1) is 15.1. The molecule has 10 heteroatoms. The molecule has 8 nitrogen and oxygen atoms in total. The maximum Gasteiger partial charge on any atom is 0.246 e. The van der Waals surface area contributed by atoms with Crippen molar-refractivity contribution in [3.8, 4) is 0 Å². The number of nitrogens with zero attached hydrogens (tertiary/aromatic N) is 3. The minimum atomic E-state index is -3.78. The van der Waals surface area contributed by atoms with Gasteiger partial charge in [-0.15, -0.1) is 0 Å². The van der Waals surface area contributed by atoms with Crippen LogP contribution in [0.25, 0.3) is 0 Å². The summed E-state index contributed by atoms with van der Waals surface area (Å²) < 4.78 is 48.7. The van der Waals surface area contributed by atoms with Gasteiger partial charge in [0.05, 0.1) is 23.9 Å². The van der Waals surface area contributed by atoms with Crippen molar-refractivity contribution in [3.05, 3.63) is 12.4 Å². The van der Waals surface area contributed by atoms with Crippen molar-refractivity contribution in [1.82, 2.24) is 14.3 Å². The Labute approximate surface area is 118 Å². The molecule has 1 atom stereocenters. The molecule has 2 heterocycles. The summed E-state index contributed by atoms with van der Waals surface area (Å²) in [6, 6.07) is -0.533. The minimum Gasteiger partial charge on any atom is -0.357 e. The third kappa shape index (κ3) is 2.91. The Morgan fingerprint density at radius 2 is 1.95 bits per heavy atom. The number of sulfonamides is 1. The summed E-state index contributed by atoms with van der Waals surface area (Å²) in [4.78, 5) is 7.66. The van der Waals surface area contributed by atoms with E-state index in [1.807, 2.05) is 0 Å². The molecule has 0 aromatic carbocycles. The summed E-state index contributed by atoms with van der Waals surface area (Å²) in [5.74, 6) is 0.195. The molecule has 0 bridgehead atoms. The molecule has 112 valence electrons. The second-order valence-corrected chi connectivity index (χ2v) is 8.80. The standard InChI is InChI=1S/C10H16N4O4S2/c1-11-10-12-5-9(6-13-10)20(17,18)14(2)8-3-4-19(15,16)7-8/h5-6,8H,3-4,7H2,1-2H3,(H,11,12,13). The Balaban J connectivity index is 2.25. The fourth-order valence-electron chi connectivity index (χ4n) is 2.00. The third-order valence-electron chi connectivity index (χ3n) is 3.25. The van der Waals surface area contributed by atoms with Gasteiger partial charge in [0.1, 0.15) is 4.90 Å². The molecule has 1 aliphatic rings. The van der Waals surface area contributed by atoms with Gasteiger partial charge in [-0.3, -0.25) is 0 Å². The number of hydrogen-bond donors (Lipinski definition) is 1. The van der Waals surface area contributed by atoms with E-state index in [2.05, 4.69) is 15.3 Å². The Hall–Kier alpha value is -1.26. The monoisotopic (exact) mass is 320 g/mol. The Morgan fingerprint density at radius 3 is 2.40 bits per heavy atom. The molecule has 0 radical (unpaired) electrons. The van der Waals surface area contributed by atoms with Gasteiger partial charge in [-0.05, 0) is 6.42 Å². The maximum absolute atomic E-state index is 12.4. The first-order valence-corrected chi connectivity index (χ1v) is 9.21. The normalized spacial score (nSPS) is 22.1. The summed E-state index contributed by atoms with van der Waals surface area (Å²) in [5.41, 5.74) is 0. The van der Waals surface area contributed by atoms with Gasteiger partial charge in [0.2, 0.25) is 16.0 Å². The van der Waals surface area contributed by atoms with Crippen LogP contribution in [0.3, 0.4) is 0 Å². The first-order chi connectivity index (χ1) is 9.26. The summed E-state index contributed by atoms with van der Waals surface area (Å²) in [7, 11) is -3.92. The van der Waals surface area contributed by atoms with Crippen LogP contribution in [0.15, 0.2) is 17.3 Å². The molecule has 0 aliphatic carbocycles. The van der Waals surface area contributed by atoms with Crippen LogP contribution in [0, 0.1) is 0 Å². The summed E-state index contributed by atoms with van der Waals surface area (Å²) in [6.07, 6.45) is 2.72. The highest BCUT2D eigenvalue weighted by atomic mass is 32.2. The van der Waals surface area contributed by atoms with E-state index in [-0.39, 0.29) is 16.4 Å². The van der Waals surface area contributed by atoms with Crippen molar-refractivity contribution in [2.24, 2.45) is 0 Å². The molecule has 1 N–H and O–H groups in total. The highest BCUT2D eigenvalue weighted by Crippen LogP contribution is 2.22. The van der Waals surface area contributed by atoms with Crippen molar-refractivity contribution < 1.29 is 16.8 Å². The molecule has 0 amide bonds. The van der Waals surface area contributed by atoms with Gasteiger partial charge in [0, 0.05) is 20.1 Å². The number of aromatic nitrogens is 2. The van der Waals surface area contributed by atoms with Crippen molar-refractivity contribution in [3.63, 3.8) is 0 Å². The summed E-state index contributed by atoms with van der Waals surface area (Å²) in [5, 5.41) is 2.69. The van der Waals surface area contributed by atoms with E-state index in [0.29, 0.717) is 12.4 Å². The second kappa shape index (κ2) is 5.26. The lowest BCUT2D eigenvalue weighted by molar-refractivity contribution is 0.393. The van der Waals surface area contributed by atoms with Gasteiger partial charge in [-0.2, -0.15) is 4.31 Å². The van der Waals surface area contributed by atoms with Gasteiger partial charge < -0.3 is 5.32 Å². The molecule has 0 saturated carbocycles. The van der Waals surface area contributed by atoms with Gasteiger partial charge >= 0.3 is 0 Å². The highest BCUT2D eigenvalue weighted by Gasteiger charge is 2.36. The van der Waals surface area contributed by atoms with Crippen molar-refractivity contribution in [1.29, 1.82) is 0 Å². The predicted octanol–water partition coefficient (Wildman–Crippen LogP) is -0.674. The molecule has 1 aromatic rings. The highest BCUT2D eigenvalue weighted by molar-refractivity contribution is 7.92. The fraction of sp³-hybridized carbons (Fsp3) is 0.600. The van der Waals surface area contributed by atoms with Gasteiger partial charge in [-0.25, -0.2) is 26.8 Å². The minimum absolute atomic E-state index is 0.0206. The van der Waals surface area contributed by atoms with E-state index in [0.717, 1.165) is 4.31 Å². The van der Waals surface area contributed by atoms with Crippen molar-refractivity contribution >= 4 is 25.8 Å². The van der Waals surface area contributed by atoms with Crippen LogP contribution < -0.4 is 5.32 Å². The number of sulfone groups is 1. The van der Waals surface area contributed by atoms with Crippen molar-refractivity contribution in [2.75, 3.05) is 30.9 Å². The zero-order valence-corrected chi connectivity index (χ0v) is 12.8. The van der Waals surface area contributed by atoms with Crippen LogP contribution in [-0.2, 0) is 19.9 Å². The van der Waals surface area contributed by atoms with E-state index < -0.39 is 25.9 Å². The second-order valence-electron chi connectivity index (χ2n) is 4.57. The van der Waals surface area contributed by atoms with E-state index >= 15 is 0 Å². The average Bonchev–Trinajstić information content (AvgIpc) is 2.78. The van der Waals surface area contributed by atoms with Gasteiger partial charge in [0.15, 0.2) is 9.84 Å². The topological polar surface area (TPSA) is 109 Å². The lowest BCUT2D eigenvalue weighted by Crippen LogP contribution is -2.37. The summed E-state index contributed by atoms with van der Waals surface area (Å²) >= 11 is 0. The lowest BCUT2D eigenvalue weighted by Gasteiger charge is -2.22. The predicted molar refractivity (Wildman–Crippen MR) is 73.6 cm³/mol. The molecule has 0 spiro atoms. The average molecular weight is 320 g/mol. The molecule has 1 fully saturated rings. The Kier molecular flexibility index (Phi) is 3.98. The van der Waals surface area contributed by atoms with E-state index in [1.54, 1.807) is 7.05 Å². The lowest BCUT2D eigenvalue weighted by atomic mass is 10.3. The fourth-order valence-corrected chi connectivity index (χ4v) is 5.15.